The monoisotopic (exact) mass is 405 g/mol. The van der Waals surface area contributed by atoms with E-state index in [2.05, 4.69) is 5.32 Å². The zero-order valence-electron chi connectivity index (χ0n) is 15.1. The molecule has 1 amide bonds. The maximum atomic E-state index is 12.5. The van der Waals surface area contributed by atoms with Crippen LogP contribution in [0.1, 0.15) is 23.7 Å². The molecule has 1 aromatic carbocycles. The van der Waals surface area contributed by atoms with Crippen molar-refractivity contribution in [3.63, 3.8) is 0 Å². The molecule has 2 rings (SSSR count). The van der Waals surface area contributed by atoms with Gasteiger partial charge >= 0.3 is 5.97 Å². The summed E-state index contributed by atoms with van der Waals surface area (Å²) in [5, 5.41) is 11.7. The highest BCUT2D eigenvalue weighted by molar-refractivity contribution is 7.21. The second-order valence-electron chi connectivity index (χ2n) is 5.74. The maximum absolute atomic E-state index is 12.5. The molecule has 2 aromatic rings. The fourth-order valence-electron chi connectivity index (χ4n) is 2.48. The van der Waals surface area contributed by atoms with Gasteiger partial charge in [0.2, 0.25) is 5.91 Å². The average Bonchev–Trinajstić information content (AvgIpc) is 2.96. The second-order valence-corrected chi connectivity index (χ2v) is 7.36. The molecule has 142 valence electrons. The lowest BCUT2D eigenvalue weighted by Crippen LogP contribution is -2.31. The number of nitrogens with one attached hydrogen (secondary N) is 1. The molecule has 0 aliphatic heterocycles. The van der Waals surface area contributed by atoms with Crippen LogP contribution in [-0.2, 0) is 9.53 Å². The molecule has 0 spiro atoms. The van der Waals surface area contributed by atoms with Crippen LogP contribution in [0, 0.1) is 11.3 Å². The summed E-state index contributed by atoms with van der Waals surface area (Å²) < 4.78 is 5.57. The van der Waals surface area contributed by atoms with Crippen molar-refractivity contribution < 1.29 is 14.3 Å². The Kier molecular flexibility index (Phi) is 7.80. The first-order valence-electron chi connectivity index (χ1n) is 8.38. The Morgan fingerprint density at radius 1 is 1.33 bits per heavy atom. The van der Waals surface area contributed by atoms with Crippen LogP contribution in [0.15, 0.2) is 30.3 Å². The third-order valence-corrected chi connectivity index (χ3v) is 4.99. The number of nitrogens with zero attached hydrogens (tertiary/aromatic N) is 2. The SMILES string of the molecule is CCOC(=O)c1c(NC(=O)CN(C)CCC#N)sc(Cl)c1-c1ccccc1. The van der Waals surface area contributed by atoms with Crippen LogP contribution in [0.3, 0.4) is 0 Å². The number of carbonyl (C=O) groups excluding carboxylic acids is 2. The van der Waals surface area contributed by atoms with Crippen molar-refractivity contribution in [1.82, 2.24) is 4.90 Å². The summed E-state index contributed by atoms with van der Waals surface area (Å²) in [6.45, 7) is 2.51. The summed E-state index contributed by atoms with van der Waals surface area (Å²) >= 11 is 7.52. The molecule has 1 aromatic heterocycles. The molecule has 27 heavy (non-hydrogen) atoms. The molecule has 8 heteroatoms. The van der Waals surface area contributed by atoms with Crippen LogP contribution in [0.25, 0.3) is 11.1 Å². The zero-order chi connectivity index (χ0) is 19.8. The summed E-state index contributed by atoms with van der Waals surface area (Å²) in [7, 11) is 1.75. The Bertz CT molecular complexity index is 846. The van der Waals surface area contributed by atoms with Crippen LogP contribution in [0.5, 0.6) is 0 Å². The van der Waals surface area contributed by atoms with Crippen molar-refractivity contribution in [2.24, 2.45) is 0 Å². The number of benzene rings is 1. The van der Waals surface area contributed by atoms with Gasteiger partial charge < -0.3 is 10.1 Å². The molecule has 1 heterocycles. The molecule has 0 saturated carbocycles. The average molecular weight is 406 g/mol. The van der Waals surface area contributed by atoms with Gasteiger partial charge in [0, 0.05) is 18.5 Å². The van der Waals surface area contributed by atoms with Crippen molar-refractivity contribution in [3.05, 3.63) is 40.2 Å². The molecule has 0 aliphatic carbocycles. The lowest BCUT2D eigenvalue weighted by atomic mass is 10.0. The molecule has 0 radical (unpaired) electrons. The van der Waals surface area contributed by atoms with E-state index in [9.17, 15) is 9.59 Å². The minimum atomic E-state index is -0.535. The van der Waals surface area contributed by atoms with E-state index in [0.29, 0.717) is 27.9 Å². The number of anilines is 1. The third-order valence-electron chi connectivity index (χ3n) is 3.68. The van der Waals surface area contributed by atoms with Crippen molar-refractivity contribution in [2.45, 2.75) is 13.3 Å². The van der Waals surface area contributed by atoms with Gasteiger partial charge in [0.1, 0.15) is 14.9 Å². The minimum Gasteiger partial charge on any atom is -0.462 e. The highest BCUT2D eigenvalue weighted by atomic mass is 35.5. The number of nitriles is 1. The summed E-state index contributed by atoms with van der Waals surface area (Å²) in [4.78, 5) is 26.6. The van der Waals surface area contributed by atoms with E-state index in [1.165, 1.54) is 0 Å². The van der Waals surface area contributed by atoms with Gasteiger partial charge in [-0.1, -0.05) is 41.9 Å². The van der Waals surface area contributed by atoms with Gasteiger partial charge in [-0.2, -0.15) is 5.26 Å². The van der Waals surface area contributed by atoms with E-state index in [0.717, 1.165) is 16.9 Å². The topological polar surface area (TPSA) is 82.4 Å². The molecule has 0 aliphatic rings. The van der Waals surface area contributed by atoms with E-state index >= 15 is 0 Å². The lowest BCUT2D eigenvalue weighted by molar-refractivity contribution is -0.117. The second kappa shape index (κ2) is 10.1. The largest absolute Gasteiger partial charge is 0.462 e. The molecule has 0 bridgehead atoms. The van der Waals surface area contributed by atoms with E-state index in [-0.39, 0.29) is 24.6 Å². The fourth-order valence-corrected chi connectivity index (χ4v) is 3.87. The van der Waals surface area contributed by atoms with Gasteiger partial charge in [-0.25, -0.2) is 4.79 Å². The van der Waals surface area contributed by atoms with Gasteiger partial charge in [0.25, 0.3) is 0 Å². The van der Waals surface area contributed by atoms with Gasteiger partial charge in [0.15, 0.2) is 0 Å². The molecule has 1 N–H and O–H groups in total. The predicted octanol–water partition coefficient (Wildman–Crippen LogP) is 4.03. The Balaban J connectivity index is 2.32. The Labute approximate surface area is 167 Å². The summed E-state index contributed by atoms with van der Waals surface area (Å²) in [5.41, 5.74) is 1.58. The lowest BCUT2D eigenvalue weighted by Gasteiger charge is -2.14. The van der Waals surface area contributed by atoms with Crippen LogP contribution in [0.2, 0.25) is 4.34 Å². The highest BCUT2D eigenvalue weighted by Gasteiger charge is 2.26. The number of hydrogen-bond acceptors (Lipinski definition) is 6. The number of carbonyl (C=O) groups is 2. The first kappa shape index (κ1) is 20.9. The van der Waals surface area contributed by atoms with Crippen molar-refractivity contribution in [2.75, 3.05) is 32.1 Å². The fraction of sp³-hybridized carbons (Fsp3) is 0.316. The number of halogens is 1. The molecule has 0 saturated heterocycles. The quantitative estimate of drug-likeness (QED) is 0.670. The van der Waals surface area contributed by atoms with E-state index in [1.54, 1.807) is 18.9 Å². The van der Waals surface area contributed by atoms with Crippen LogP contribution in [-0.4, -0.2) is 43.5 Å². The standard InChI is InChI=1S/C19H20ClN3O3S/c1-3-26-19(25)16-15(13-8-5-4-6-9-13)17(20)27-18(16)22-14(24)12-23(2)11-7-10-21/h4-6,8-9H,3,7,11-12H2,1-2H3,(H,22,24). The third kappa shape index (κ3) is 5.54. The number of rotatable bonds is 8. The number of hydrogen-bond donors (Lipinski definition) is 1. The van der Waals surface area contributed by atoms with Crippen molar-refractivity contribution in [3.8, 4) is 17.2 Å². The highest BCUT2D eigenvalue weighted by Crippen LogP contribution is 2.43. The Morgan fingerprint density at radius 2 is 2.04 bits per heavy atom. The summed E-state index contributed by atoms with van der Waals surface area (Å²) in [6, 6.07) is 11.3. The molecular weight excluding hydrogens is 386 g/mol. The van der Waals surface area contributed by atoms with Gasteiger partial charge in [-0.05, 0) is 19.5 Å². The molecule has 0 fully saturated rings. The minimum absolute atomic E-state index is 0.0974. The molecular formula is C19H20ClN3O3S. The molecule has 0 atom stereocenters. The van der Waals surface area contributed by atoms with Crippen LogP contribution >= 0.6 is 22.9 Å². The van der Waals surface area contributed by atoms with Crippen molar-refractivity contribution >= 4 is 39.8 Å². The number of ether oxygens (including phenoxy) is 1. The molecule has 6 nitrogen and oxygen atoms in total. The smallest absolute Gasteiger partial charge is 0.341 e. The van der Waals surface area contributed by atoms with E-state index in [1.807, 2.05) is 36.4 Å². The maximum Gasteiger partial charge on any atom is 0.341 e. The van der Waals surface area contributed by atoms with Gasteiger partial charge in [-0.3, -0.25) is 9.69 Å². The zero-order valence-corrected chi connectivity index (χ0v) is 16.7. The number of likely N-dealkylation sites (N-methyl/N-ethyl adjacent to an activating group) is 1. The number of amides is 1. The van der Waals surface area contributed by atoms with Gasteiger partial charge in [0.05, 0.1) is 19.2 Å². The summed E-state index contributed by atoms with van der Waals surface area (Å²) in [5.74, 6) is -0.828. The van der Waals surface area contributed by atoms with E-state index < -0.39 is 5.97 Å². The first-order valence-corrected chi connectivity index (χ1v) is 9.57. The van der Waals surface area contributed by atoms with Crippen LogP contribution in [0.4, 0.5) is 5.00 Å². The van der Waals surface area contributed by atoms with E-state index in [4.69, 9.17) is 21.6 Å². The normalized spacial score (nSPS) is 10.5. The first-order chi connectivity index (χ1) is 13.0. The number of esters is 1. The van der Waals surface area contributed by atoms with Crippen molar-refractivity contribution in [1.29, 1.82) is 5.26 Å². The van der Waals surface area contributed by atoms with Gasteiger partial charge in [-0.15, -0.1) is 11.3 Å². The summed E-state index contributed by atoms with van der Waals surface area (Å²) in [6.07, 6.45) is 0.334. The Hall–Kier alpha value is -2.40. The molecule has 0 unspecified atom stereocenters. The van der Waals surface area contributed by atoms with Crippen LogP contribution < -0.4 is 5.32 Å². The Morgan fingerprint density at radius 3 is 2.67 bits per heavy atom. The predicted molar refractivity (Wildman–Crippen MR) is 107 cm³/mol. The number of thiophene rings is 1.